The van der Waals surface area contributed by atoms with Gasteiger partial charge in [-0.25, -0.2) is 13.2 Å². The Kier molecular flexibility index (Phi) is 7.00. The third-order valence-electron chi connectivity index (χ3n) is 9.50. The molecule has 0 saturated heterocycles. The Morgan fingerprint density at radius 3 is 2.46 bits per heavy atom. The first-order valence-electron chi connectivity index (χ1n) is 12.6. The molecule has 9 atom stereocenters. The molecule has 37 heavy (non-hydrogen) atoms. The first-order valence-corrected chi connectivity index (χ1v) is 13.6. The van der Waals surface area contributed by atoms with E-state index >= 15 is 8.78 Å². The van der Waals surface area contributed by atoms with Crippen molar-refractivity contribution in [3.63, 3.8) is 0 Å². The molecule has 0 aromatic rings. The molecule has 4 rings (SSSR count). The second kappa shape index (κ2) is 9.27. The number of carbonyl (C=O) groups excluding carboxylic acids is 4. The number of hydrogen-bond donors (Lipinski definition) is 0. The summed E-state index contributed by atoms with van der Waals surface area (Å²) in [4.78, 5) is 50.5. The molecule has 0 bridgehead atoms. The van der Waals surface area contributed by atoms with E-state index in [9.17, 15) is 23.6 Å². The average molecular weight is 543 g/mol. The normalized spacial score (nSPS) is 44.3. The number of esters is 2. The van der Waals surface area contributed by atoms with Crippen LogP contribution < -0.4 is 0 Å². The SMILES string of the molecule is CCC(=O)O[C@]1(C(=O)SCF)[C@H](C)C[C@H]2[C@@H]3C[C@H](F)C4=CC(=O)C=C[C@]4(C)[C@@]3(F)[C@@H](OC(C)=O)C[C@@]21C. The monoisotopic (exact) mass is 542 g/mol. The standard InChI is InChI=1S/C27H33F3O6S/c1-6-22(33)36-27(23(34)37-13-28)14(2)9-17-18-11-20(29)19-10-16(32)7-8-24(19,4)26(18,30)21(35-15(3)31)12-25(17,27)5/h7-8,10,14,17-18,20-21H,6,9,11-13H2,1-5H3/t14-,17+,18+,20+,21+,24+,25+,26+,27+/m1/s1. The molecule has 0 aromatic heterocycles. The van der Waals surface area contributed by atoms with Crippen LogP contribution in [0.15, 0.2) is 23.8 Å². The van der Waals surface area contributed by atoms with E-state index in [-0.39, 0.29) is 31.3 Å². The van der Waals surface area contributed by atoms with E-state index in [1.165, 1.54) is 19.1 Å². The van der Waals surface area contributed by atoms with Crippen molar-refractivity contribution in [3.05, 3.63) is 23.8 Å². The Bertz CT molecular complexity index is 1090. The summed E-state index contributed by atoms with van der Waals surface area (Å²) in [6, 6.07) is -1.04. The van der Waals surface area contributed by atoms with Crippen LogP contribution in [0.2, 0.25) is 0 Å². The van der Waals surface area contributed by atoms with Crippen LogP contribution in [0.5, 0.6) is 0 Å². The molecular weight excluding hydrogens is 509 g/mol. The average Bonchev–Trinajstić information content (AvgIpc) is 3.04. The molecule has 0 N–H and O–H groups in total. The van der Waals surface area contributed by atoms with E-state index in [4.69, 9.17) is 9.47 Å². The first kappa shape index (κ1) is 27.9. The lowest BCUT2D eigenvalue weighted by Crippen LogP contribution is -2.71. The lowest BCUT2D eigenvalue weighted by Gasteiger charge is -2.63. The zero-order chi connectivity index (χ0) is 27.6. The molecule has 0 amide bonds. The summed E-state index contributed by atoms with van der Waals surface area (Å²) in [6.07, 6.45) is 0.268. The molecule has 0 unspecified atom stereocenters. The van der Waals surface area contributed by atoms with Gasteiger partial charge in [-0.3, -0.25) is 19.2 Å². The molecule has 4 aliphatic carbocycles. The van der Waals surface area contributed by atoms with Crippen LogP contribution >= 0.6 is 11.8 Å². The number of thioether (sulfide) groups is 1. The highest BCUT2D eigenvalue weighted by atomic mass is 32.2. The van der Waals surface area contributed by atoms with Gasteiger partial charge in [0.25, 0.3) is 0 Å². The Hall–Kier alpha value is -2.10. The van der Waals surface area contributed by atoms with Crippen LogP contribution in [0, 0.1) is 28.6 Å². The van der Waals surface area contributed by atoms with E-state index in [2.05, 4.69) is 0 Å². The summed E-state index contributed by atoms with van der Waals surface area (Å²) in [5, 5.41) is -0.690. The summed E-state index contributed by atoms with van der Waals surface area (Å²) < 4.78 is 58.5. The molecule has 3 fully saturated rings. The van der Waals surface area contributed by atoms with Gasteiger partial charge in [0.1, 0.15) is 18.3 Å². The number of carbonyl (C=O) groups is 4. The third-order valence-corrected chi connectivity index (χ3v) is 10.2. The van der Waals surface area contributed by atoms with Gasteiger partial charge in [0, 0.05) is 36.0 Å². The number of ketones is 1. The number of fused-ring (bicyclic) bond motifs is 5. The summed E-state index contributed by atoms with van der Waals surface area (Å²) >= 11 is 0.384. The second-order valence-electron chi connectivity index (χ2n) is 11.2. The van der Waals surface area contributed by atoms with Crippen LogP contribution in [0.1, 0.15) is 60.3 Å². The minimum absolute atomic E-state index is 0.00159. The Morgan fingerprint density at radius 2 is 1.86 bits per heavy atom. The highest BCUT2D eigenvalue weighted by Crippen LogP contribution is 2.72. The van der Waals surface area contributed by atoms with Gasteiger partial charge >= 0.3 is 11.9 Å². The Balaban J connectivity index is 1.94. The second-order valence-corrected chi connectivity index (χ2v) is 12.1. The van der Waals surface area contributed by atoms with Crippen molar-refractivity contribution in [2.45, 2.75) is 83.8 Å². The van der Waals surface area contributed by atoms with Gasteiger partial charge in [0.2, 0.25) is 5.12 Å². The number of rotatable bonds is 5. The van der Waals surface area contributed by atoms with E-state index in [1.807, 2.05) is 0 Å². The van der Waals surface area contributed by atoms with Crippen molar-refractivity contribution < 1.29 is 41.8 Å². The predicted molar refractivity (Wildman–Crippen MR) is 130 cm³/mol. The molecule has 6 nitrogen and oxygen atoms in total. The predicted octanol–water partition coefficient (Wildman–Crippen LogP) is 5.00. The van der Waals surface area contributed by atoms with Crippen LogP contribution in [0.4, 0.5) is 13.2 Å². The molecule has 0 spiro atoms. The highest BCUT2D eigenvalue weighted by Gasteiger charge is 2.79. The fourth-order valence-corrected chi connectivity index (χ4v) is 8.71. The van der Waals surface area contributed by atoms with Crippen molar-refractivity contribution in [2.75, 3.05) is 6.01 Å². The van der Waals surface area contributed by atoms with E-state index < -0.39 is 81.0 Å². The Morgan fingerprint density at radius 1 is 1.19 bits per heavy atom. The maximum absolute atomic E-state index is 17.8. The van der Waals surface area contributed by atoms with Gasteiger partial charge in [-0.1, -0.05) is 26.8 Å². The summed E-state index contributed by atoms with van der Waals surface area (Å²) in [5.74, 6) is -4.21. The van der Waals surface area contributed by atoms with Gasteiger partial charge in [0.15, 0.2) is 17.1 Å². The van der Waals surface area contributed by atoms with E-state index in [0.29, 0.717) is 11.8 Å². The minimum Gasteiger partial charge on any atom is -0.459 e. The van der Waals surface area contributed by atoms with Crippen LogP contribution in [-0.2, 0) is 28.7 Å². The number of ether oxygens (including phenoxy) is 2. The fraction of sp³-hybridized carbons (Fsp3) is 0.704. The lowest BCUT2D eigenvalue weighted by molar-refractivity contribution is -0.236. The van der Waals surface area contributed by atoms with Crippen molar-refractivity contribution in [2.24, 2.45) is 28.6 Å². The molecule has 0 radical (unpaired) electrons. The maximum Gasteiger partial charge on any atom is 0.306 e. The molecule has 4 aliphatic rings. The van der Waals surface area contributed by atoms with Crippen molar-refractivity contribution in [1.82, 2.24) is 0 Å². The van der Waals surface area contributed by atoms with Crippen LogP contribution in [-0.4, -0.2) is 52.4 Å². The van der Waals surface area contributed by atoms with Crippen molar-refractivity contribution in [3.8, 4) is 0 Å². The topological polar surface area (TPSA) is 86.7 Å². The van der Waals surface area contributed by atoms with E-state index in [1.54, 1.807) is 20.8 Å². The Labute approximate surface area is 218 Å². The fourth-order valence-electron chi connectivity index (χ4n) is 7.92. The summed E-state index contributed by atoms with van der Waals surface area (Å²) in [7, 11) is 0. The lowest BCUT2D eigenvalue weighted by atomic mass is 9.44. The molecule has 10 heteroatoms. The largest absolute Gasteiger partial charge is 0.459 e. The smallest absolute Gasteiger partial charge is 0.306 e. The third kappa shape index (κ3) is 3.67. The molecule has 204 valence electrons. The van der Waals surface area contributed by atoms with Gasteiger partial charge in [0.05, 0.1) is 0 Å². The summed E-state index contributed by atoms with van der Waals surface area (Å²) in [5.41, 5.74) is -6.99. The maximum atomic E-state index is 17.8. The molecule has 0 aliphatic heterocycles. The zero-order valence-corrected chi connectivity index (χ0v) is 22.5. The van der Waals surface area contributed by atoms with E-state index in [0.717, 1.165) is 13.0 Å². The van der Waals surface area contributed by atoms with Crippen LogP contribution in [0.25, 0.3) is 0 Å². The molecule has 0 heterocycles. The van der Waals surface area contributed by atoms with Gasteiger partial charge in [-0.15, -0.1) is 0 Å². The highest BCUT2D eigenvalue weighted by molar-refractivity contribution is 8.13. The van der Waals surface area contributed by atoms with Crippen molar-refractivity contribution >= 4 is 34.6 Å². The number of allylic oxidation sites excluding steroid dienone is 4. The van der Waals surface area contributed by atoms with Crippen LogP contribution in [0.3, 0.4) is 0 Å². The number of hydrogen-bond acceptors (Lipinski definition) is 7. The number of alkyl halides is 3. The molecule has 3 saturated carbocycles. The van der Waals surface area contributed by atoms with Gasteiger partial charge in [-0.2, -0.15) is 0 Å². The quantitative estimate of drug-likeness (QED) is 0.452. The summed E-state index contributed by atoms with van der Waals surface area (Å²) in [6.45, 7) is 7.59. The molecular formula is C27H33F3O6S. The minimum atomic E-state index is -2.31. The number of halogens is 3. The zero-order valence-electron chi connectivity index (χ0n) is 21.6. The first-order chi connectivity index (χ1) is 17.2. The molecule has 0 aromatic carbocycles. The van der Waals surface area contributed by atoms with Gasteiger partial charge < -0.3 is 9.47 Å². The van der Waals surface area contributed by atoms with Gasteiger partial charge in [-0.05, 0) is 61.6 Å². The van der Waals surface area contributed by atoms with Crippen molar-refractivity contribution in [1.29, 1.82) is 0 Å².